The summed E-state index contributed by atoms with van der Waals surface area (Å²) in [5, 5.41) is 0. The zero-order valence-corrected chi connectivity index (χ0v) is 7.64. The van der Waals surface area contributed by atoms with Crippen LogP contribution in [0.1, 0.15) is 13.3 Å². The second-order valence-corrected chi connectivity index (χ2v) is 3.62. The Hall–Kier alpha value is -0.0800. The molecule has 0 amide bonds. The molecule has 0 saturated carbocycles. The molecule has 0 heterocycles. The van der Waals surface area contributed by atoms with Gasteiger partial charge in [0.15, 0.2) is 0 Å². The van der Waals surface area contributed by atoms with E-state index >= 15 is 0 Å². The highest BCUT2D eigenvalue weighted by atomic mass is 79.9. The van der Waals surface area contributed by atoms with Crippen LogP contribution in [0.5, 0.6) is 0 Å². The smallest absolute Gasteiger partial charge is 0.0132 e. The fraction of sp³-hybridized carbons (Fsp3) is 0.500. The van der Waals surface area contributed by atoms with Gasteiger partial charge in [-0.25, -0.2) is 0 Å². The average Bonchev–Trinajstić information content (AvgIpc) is 1.88. The van der Waals surface area contributed by atoms with E-state index in [1.54, 1.807) is 0 Å². The third kappa shape index (κ3) is 1.96. The summed E-state index contributed by atoms with van der Waals surface area (Å²) in [6, 6.07) is 0.271. The molecule has 1 rings (SSSR count). The fourth-order valence-corrected chi connectivity index (χ4v) is 1.34. The predicted octanol–water partition coefficient (Wildman–Crippen LogP) is 2.19. The molecule has 0 fully saturated rings. The van der Waals surface area contributed by atoms with E-state index in [1.807, 2.05) is 6.92 Å². The van der Waals surface area contributed by atoms with Gasteiger partial charge in [-0.3, -0.25) is 0 Å². The molecule has 0 spiro atoms. The van der Waals surface area contributed by atoms with Gasteiger partial charge < -0.3 is 5.73 Å². The van der Waals surface area contributed by atoms with E-state index in [9.17, 15) is 0 Å². The van der Waals surface area contributed by atoms with Crippen molar-refractivity contribution in [1.82, 2.24) is 0 Å². The Morgan fingerprint density at radius 3 is 2.90 bits per heavy atom. The monoisotopic (exact) mass is 201 g/mol. The van der Waals surface area contributed by atoms with Crippen molar-refractivity contribution in [3.05, 3.63) is 22.7 Å². The first kappa shape index (κ1) is 8.02. The molecule has 2 heteroatoms. The number of nitrogens with two attached hydrogens (primary N) is 1. The minimum atomic E-state index is 0.271. The van der Waals surface area contributed by atoms with Crippen LogP contribution in [0.15, 0.2) is 22.7 Å². The summed E-state index contributed by atoms with van der Waals surface area (Å²) in [7, 11) is 0. The summed E-state index contributed by atoms with van der Waals surface area (Å²) in [5.41, 5.74) is 5.72. The van der Waals surface area contributed by atoms with Crippen LogP contribution in [-0.4, -0.2) is 6.04 Å². The maximum absolute atomic E-state index is 5.72. The molecule has 1 aliphatic carbocycles. The molecule has 0 saturated heterocycles. The lowest BCUT2D eigenvalue weighted by molar-refractivity contribution is 0.538. The summed E-state index contributed by atoms with van der Waals surface area (Å²) in [6.45, 7) is 2.04. The molecule has 0 aromatic heterocycles. The Morgan fingerprint density at radius 2 is 2.50 bits per heavy atom. The highest BCUT2D eigenvalue weighted by Gasteiger charge is 2.10. The van der Waals surface area contributed by atoms with Crippen LogP contribution >= 0.6 is 15.9 Å². The first-order valence-corrected chi connectivity index (χ1v) is 4.29. The third-order valence-corrected chi connectivity index (χ3v) is 2.35. The largest absolute Gasteiger partial charge is 0.327 e. The number of rotatable bonds is 1. The van der Waals surface area contributed by atoms with E-state index in [0.717, 1.165) is 6.42 Å². The van der Waals surface area contributed by atoms with Gasteiger partial charge in [0.1, 0.15) is 0 Å². The zero-order valence-electron chi connectivity index (χ0n) is 6.05. The fourth-order valence-electron chi connectivity index (χ4n) is 1.00. The summed E-state index contributed by atoms with van der Waals surface area (Å²) < 4.78 is 1.17. The highest BCUT2D eigenvalue weighted by molar-refractivity contribution is 9.11. The minimum absolute atomic E-state index is 0.271. The van der Waals surface area contributed by atoms with Crippen molar-refractivity contribution < 1.29 is 0 Å². The van der Waals surface area contributed by atoms with Crippen molar-refractivity contribution in [1.29, 1.82) is 0 Å². The zero-order chi connectivity index (χ0) is 7.56. The summed E-state index contributed by atoms with van der Waals surface area (Å²) >= 11 is 3.40. The van der Waals surface area contributed by atoms with Crippen LogP contribution in [0.4, 0.5) is 0 Å². The van der Waals surface area contributed by atoms with Gasteiger partial charge in [-0.15, -0.1) is 0 Å². The predicted molar refractivity (Wildman–Crippen MR) is 47.9 cm³/mol. The SMILES string of the molecule is CC(N)C1C=CC(Br)=CC1. The first-order valence-electron chi connectivity index (χ1n) is 3.49. The molecular weight excluding hydrogens is 190 g/mol. The van der Waals surface area contributed by atoms with Crippen molar-refractivity contribution in [2.24, 2.45) is 11.7 Å². The maximum atomic E-state index is 5.72. The molecule has 56 valence electrons. The van der Waals surface area contributed by atoms with Gasteiger partial charge >= 0.3 is 0 Å². The van der Waals surface area contributed by atoms with Crippen LogP contribution in [0.25, 0.3) is 0 Å². The van der Waals surface area contributed by atoms with E-state index in [1.165, 1.54) is 4.48 Å². The van der Waals surface area contributed by atoms with Crippen molar-refractivity contribution in [3.8, 4) is 0 Å². The number of hydrogen-bond donors (Lipinski definition) is 1. The Kier molecular flexibility index (Phi) is 2.69. The van der Waals surface area contributed by atoms with E-state index in [4.69, 9.17) is 5.73 Å². The van der Waals surface area contributed by atoms with Gasteiger partial charge in [0.05, 0.1) is 0 Å². The van der Waals surface area contributed by atoms with E-state index in [0.29, 0.717) is 5.92 Å². The van der Waals surface area contributed by atoms with Crippen LogP contribution in [0.3, 0.4) is 0 Å². The molecule has 0 aromatic rings. The molecule has 0 aromatic carbocycles. The quantitative estimate of drug-likeness (QED) is 0.692. The van der Waals surface area contributed by atoms with Gasteiger partial charge in [0, 0.05) is 10.5 Å². The second kappa shape index (κ2) is 3.35. The molecule has 10 heavy (non-hydrogen) atoms. The van der Waals surface area contributed by atoms with Crippen LogP contribution in [0, 0.1) is 5.92 Å². The second-order valence-electron chi connectivity index (χ2n) is 2.71. The molecule has 0 bridgehead atoms. The van der Waals surface area contributed by atoms with Crippen molar-refractivity contribution >= 4 is 15.9 Å². The number of hydrogen-bond acceptors (Lipinski definition) is 1. The minimum Gasteiger partial charge on any atom is -0.327 e. The van der Waals surface area contributed by atoms with Crippen molar-refractivity contribution in [2.75, 3.05) is 0 Å². The van der Waals surface area contributed by atoms with Gasteiger partial charge in [0.25, 0.3) is 0 Å². The molecule has 0 aliphatic heterocycles. The number of allylic oxidation sites excluding steroid dienone is 3. The third-order valence-electron chi connectivity index (χ3n) is 1.76. The molecule has 2 unspecified atom stereocenters. The lowest BCUT2D eigenvalue weighted by atomic mass is 9.95. The Balaban J connectivity index is 2.52. The molecule has 1 aliphatic rings. The average molecular weight is 202 g/mol. The van der Waals surface area contributed by atoms with Crippen molar-refractivity contribution in [3.63, 3.8) is 0 Å². The lowest BCUT2D eigenvalue weighted by Gasteiger charge is -2.17. The first-order chi connectivity index (χ1) is 4.70. The summed E-state index contributed by atoms with van der Waals surface area (Å²) in [6.07, 6.45) is 7.45. The van der Waals surface area contributed by atoms with Gasteiger partial charge in [0.2, 0.25) is 0 Å². The number of halogens is 1. The molecule has 2 atom stereocenters. The Bertz CT molecular complexity index is 170. The molecule has 0 radical (unpaired) electrons. The summed E-state index contributed by atoms with van der Waals surface area (Å²) in [4.78, 5) is 0. The van der Waals surface area contributed by atoms with Crippen LogP contribution in [-0.2, 0) is 0 Å². The van der Waals surface area contributed by atoms with Crippen LogP contribution in [0.2, 0.25) is 0 Å². The van der Waals surface area contributed by atoms with Gasteiger partial charge in [-0.05, 0) is 19.3 Å². The molecular formula is C8H12BrN. The standard InChI is InChI=1S/C8H12BrN/c1-6(10)7-2-4-8(9)5-3-7/h2,4-7H,3,10H2,1H3. The van der Waals surface area contributed by atoms with E-state index < -0.39 is 0 Å². The molecule has 2 N–H and O–H groups in total. The highest BCUT2D eigenvalue weighted by Crippen LogP contribution is 2.21. The normalized spacial score (nSPS) is 27.9. The van der Waals surface area contributed by atoms with Crippen molar-refractivity contribution in [2.45, 2.75) is 19.4 Å². The van der Waals surface area contributed by atoms with E-state index in [-0.39, 0.29) is 6.04 Å². The van der Waals surface area contributed by atoms with Crippen LogP contribution < -0.4 is 5.73 Å². The Labute approximate surface area is 70.1 Å². The summed E-state index contributed by atoms with van der Waals surface area (Å²) in [5.74, 6) is 0.529. The maximum Gasteiger partial charge on any atom is 0.0132 e. The van der Waals surface area contributed by atoms with Gasteiger partial charge in [-0.1, -0.05) is 34.2 Å². The lowest BCUT2D eigenvalue weighted by Crippen LogP contribution is -2.25. The molecule has 1 nitrogen and oxygen atoms in total. The van der Waals surface area contributed by atoms with E-state index in [2.05, 4.69) is 34.2 Å². The Morgan fingerprint density at radius 1 is 1.80 bits per heavy atom. The van der Waals surface area contributed by atoms with Gasteiger partial charge in [-0.2, -0.15) is 0 Å². The topological polar surface area (TPSA) is 26.0 Å².